The molecule has 1 aliphatic rings. The van der Waals surface area contributed by atoms with Gasteiger partial charge in [-0.2, -0.15) is 5.10 Å². The first-order valence-electron chi connectivity index (χ1n) is 7.47. The van der Waals surface area contributed by atoms with Crippen LogP contribution in [0.25, 0.3) is 5.52 Å². The normalized spacial score (nSPS) is 22.3. The smallest absolute Gasteiger partial charge is 0.291 e. The molecule has 1 N–H and O–H groups in total. The number of hydrogen-bond donors (Lipinski definition) is 1. The monoisotopic (exact) mass is 288 g/mol. The Morgan fingerprint density at radius 2 is 2.24 bits per heavy atom. The molecule has 0 saturated heterocycles. The van der Waals surface area contributed by atoms with Crippen LogP contribution < -0.4 is 10.9 Å². The number of amides is 1. The van der Waals surface area contributed by atoms with E-state index in [2.05, 4.69) is 17.3 Å². The first-order valence-corrected chi connectivity index (χ1v) is 7.47. The van der Waals surface area contributed by atoms with E-state index in [0.29, 0.717) is 11.4 Å². The van der Waals surface area contributed by atoms with E-state index < -0.39 is 0 Å². The second-order valence-corrected chi connectivity index (χ2v) is 5.83. The molecule has 1 amide bonds. The molecule has 0 spiro atoms. The van der Waals surface area contributed by atoms with Gasteiger partial charge in [-0.25, -0.2) is 4.68 Å². The van der Waals surface area contributed by atoms with Crippen molar-refractivity contribution in [2.75, 3.05) is 0 Å². The van der Waals surface area contributed by atoms with E-state index >= 15 is 0 Å². The summed E-state index contributed by atoms with van der Waals surface area (Å²) in [4.78, 5) is 24.3. The zero-order valence-corrected chi connectivity index (χ0v) is 12.2. The predicted octanol–water partition coefficient (Wildman–Crippen LogP) is 1.19. The van der Waals surface area contributed by atoms with Gasteiger partial charge in [0.05, 0.1) is 0 Å². The Morgan fingerprint density at radius 1 is 1.43 bits per heavy atom. The third kappa shape index (κ3) is 2.84. The van der Waals surface area contributed by atoms with Gasteiger partial charge in [-0.15, -0.1) is 0 Å². The Labute approximate surface area is 122 Å². The molecule has 112 valence electrons. The topological polar surface area (TPSA) is 68.4 Å². The molecule has 6 nitrogen and oxygen atoms in total. The third-order valence-corrected chi connectivity index (χ3v) is 4.30. The molecule has 0 bridgehead atoms. The summed E-state index contributed by atoms with van der Waals surface area (Å²) in [5, 5.41) is 7.08. The molecule has 0 radical (unpaired) electrons. The van der Waals surface area contributed by atoms with Gasteiger partial charge in [0.15, 0.2) is 0 Å². The molecular formula is C15H20N4O2. The fourth-order valence-corrected chi connectivity index (χ4v) is 3.01. The minimum Gasteiger partial charge on any atom is -0.351 e. The first kappa shape index (κ1) is 13.9. The van der Waals surface area contributed by atoms with Gasteiger partial charge in [-0.3, -0.25) is 9.59 Å². The average Bonchev–Trinajstić information content (AvgIpc) is 2.94. The largest absolute Gasteiger partial charge is 0.351 e. The summed E-state index contributed by atoms with van der Waals surface area (Å²) in [6, 6.07) is 3.73. The molecule has 1 aliphatic carbocycles. The van der Waals surface area contributed by atoms with Gasteiger partial charge in [0.1, 0.15) is 18.4 Å². The maximum Gasteiger partial charge on any atom is 0.291 e. The summed E-state index contributed by atoms with van der Waals surface area (Å²) in [6.45, 7) is 2.14. The number of hydrogen-bond acceptors (Lipinski definition) is 3. The van der Waals surface area contributed by atoms with Crippen LogP contribution in [-0.2, 0) is 11.3 Å². The third-order valence-electron chi connectivity index (χ3n) is 4.30. The van der Waals surface area contributed by atoms with Crippen LogP contribution in [0.3, 0.4) is 0 Å². The zero-order valence-electron chi connectivity index (χ0n) is 12.2. The van der Waals surface area contributed by atoms with Crippen molar-refractivity contribution in [2.24, 2.45) is 5.92 Å². The van der Waals surface area contributed by atoms with Gasteiger partial charge in [-0.05, 0) is 30.9 Å². The lowest BCUT2D eigenvalue weighted by Crippen LogP contribution is -2.43. The van der Waals surface area contributed by atoms with Crippen LogP contribution in [0.2, 0.25) is 0 Å². The van der Waals surface area contributed by atoms with E-state index in [1.54, 1.807) is 29.1 Å². The lowest BCUT2D eigenvalue weighted by atomic mass is 9.86. The molecule has 3 rings (SSSR count). The number of carbonyl (C=O) groups is 1. The van der Waals surface area contributed by atoms with Gasteiger partial charge >= 0.3 is 0 Å². The molecule has 2 atom stereocenters. The standard InChI is InChI=1S/C15H20N4O2/c1-11-5-2-3-6-12(11)17-14(20)9-19-15(21)13-7-4-8-18(13)10-16-19/h4,7-8,10-12H,2-3,5-6,9H2,1H3,(H,17,20)/t11-,12+/m0/s1. The van der Waals surface area contributed by atoms with Crippen molar-refractivity contribution >= 4 is 11.4 Å². The van der Waals surface area contributed by atoms with E-state index in [9.17, 15) is 9.59 Å². The number of fused-ring (bicyclic) bond motifs is 1. The lowest BCUT2D eigenvalue weighted by Gasteiger charge is -2.29. The summed E-state index contributed by atoms with van der Waals surface area (Å²) in [5.74, 6) is 0.361. The fraction of sp³-hybridized carbons (Fsp3) is 0.533. The number of carbonyl (C=O) groups excluding carboxylic acids is 1. The highest BCUT2D eigenvalue weighted by atomic mass is 16.2. The van der Waals surface area contributed by atoms with Crippen LogP contribution in [-0.4, -0.2) is 26.1 Å². The van der Waals surface area contributed by atoms with Crippen molar-refractivity contribution in [2.45, 2.75) is 45.2 Å². The van der Waals surface area contributed by atoms with E-state index in [-0.39, 0.29) is 24.1 Å². The minimum absolute atomic E-state index is 0.0241. The summed E-state index contributed by atoms with van der Waals surface area (Å²) >= 11 is 0. The van der Waals surface area contributed by atoms with Crippen LogP contribution in [0.15, 0.2) is 29.5 Å². The predicted molar refractivity (Wildman–Crippen MR) is 79.0 cm³/mol. The zero-order chi connectivity index (χ0) is 14.8. The Kier molecular flexibility index (Phi) is 3.77. The Morgan fingerprint density at radius 3 is 3.05 bits per heavy atom. The van der Waals surface area contributed by atoms with Gasteiger partial charge < -0.3 is 9.72 Å². The maximum absolute atomic E-state index is 12.2. The second-order valence-electron chi connectivity index (χ2n) is 5.83. The number of nitrogens with one attached hydrogen (secondary N) is 1. The van der Waals surface area contributed by atoms with E-state index in [1.807, 2.05) is 0 Å². The number of aromatic nitrogens is 3. The molecule has 1 saturated carbocycles. The Bertz CT molecular complexity index is 703. The first-order chi connectivity index (χ1) is 10.1. The lowest BCUT2D eigenvalue weighted by molar-refractivity contribution is -0.123. The molecule has 0 aromatic carbocycles. The summed E-state index contributed by atoms with van der Waals surface area (Å²) in [7, 11) is 0. The summed E-state index contributed by atoms with van der Waals surface area (Å²) < 4.78 is 2.87. The second kappa shape index (κ2) is 5.71. The highest BCUT2D eigenvalue weighted by Gasteiger charge is 2.23. The molecule has 1 fully saturated rings. The highest BCUT2D eigenvalue weighted by molar-refractivity contribution is 5.76. The molecular weight excluding hydrogens is 268 g/mol. The van der Waals surface area contributed by atoms with Crippen molar-refractivity contribution in [3.05, 3.63) is 35.0 Å². The van der Waals surface area contributed by atoms with Gasteiger partial charge in [0.2, 0.25) is 5.91 Å². The van der Waals surface area contributed by atoms with Crippen molar-refractivity contribution in [1.82, 2.24) is 19.5 Å². The highest BCUT2D eigenvalue weighted by Crippen LogP contribution is 2.23. The SMILES string of the molecule is C[C@H]1CCCC[C@H]1NC(=O)Cn1ncn2cccc2c1=O. The van der Waals surface area contributed by atoms with Gasteiger partial charge in [-0.1, -0.05) is 19.8 Å². The minimum atomic E-state index is -0.241. The Hall–Kier alpha value is -2.11. The van der Waals surface area contributed by atoms with Crippen LogP contribution in [0.5, 0.6) is 0 Å². The molecule has 6 heteroatoms. The molecule has 21 heavy (non-hydrogen) atoms. The molecule has 2 aromatic heterocycles. The average molecular weight is 288 g/mol. The van der Waals surface area contributed by atoms with Crippen LogP contribution in [0, 0.1) is 5.92 Å². The van der Waals surface area contributed by atoms with Crippen molar-refractivity contribution in [1.29, 1.82) is 0 Å². The summed E-state index contributed by atoms with van der Waals surface area (Å²) in [5.41, 5.74) is 0.290. The van der Waals surface area contributed by atoms with Gasteiger partial charge in [0.25, 0.3) is 5.56 Å². The Balaban J connectivity index is 1.71. The number of nitrogens with zero attached hydrogens (tertiary/aromatic N) is 3. The van der Waals surface area contributed by atoms with Crippen molar-refractivity contribution in [3.8, 4) is 0 Å². The van der Waals surface area contributed by atoms with E-state index in [0.717, 1.165) is 19.3 Å². The van der Waals surface area contributed by atoms with Crippen LogP contribution in [0.4, 0.5) is 0 Å². The van der Waals surface area contributed by atoms with Crippen molar-refractivity contribution < 1.29 is 4.79 Å². The van der Waals surface area contributed by atoms with Crippen molar-refractivity contribution in [3.63, 3.8) is 0 Å². The maximum atomic E-state index is 12.2. The number of rotatable bonds is 3. The van der Waals surface area contributed by atoms with E-state index in [4.69, 9.17) is 0 Å². The molecule has 2 aromatic rings. The van der Waals surface area contributed by atoms with Crippen LogP contribution in [0.1, 0.15) is 32.6 Å². The molecule has 0 unspecified atom stereocenters. The van der Waals surface area contributed by atoms with Gasteiger partial charge in [0, 0.05) is 12.2 Å². The quantitative estimate of drug-likeness (QED) is 0.922. The summed E-state index contributed by atoms with van der Waals surface area (Å²) in [6.07, 6.45) is 7.88. The van der Waals surface area contributed by atoms with Crippen LogP contribution >= 0.6 is 0 Å². The molecule has 2 heterocycles. The fourth-order valence-electron chi connectivity index (χ4n) is 3.01. The molecule has 0 aliphatic heterocycles. The van der Waals surface area contributed by atoms with E-state index in [1.165, 1.54) is 11.1 Å².